The van der Waals surface area contributed by atoms with Crippen molar-refractivity contribution >= 4 is 15.9 Å². The molecule has 1 aromatic rings. The number of rotatable bonds is 6. The Kier molecular flexibility index (Phi) is 7.45. The van der Waals surface area contributed by atoms with Gasteiger partial charge in [-0.1, -0.05) is 6.07 Å². The topological polar surface area (TPSA) is 96.4 Å². The van der Waals surface area contributed by atoms with Crippen molar-refractivity contribution in [3.05, 3.63) is 29.8 Å². The van der Waals surface area contributed by atoms with Crippen LogP contribution in [0.25, 0.3) is 0 Å². The largest absolute Gasteiger partial charge is 0.490 e. The van der Waals surface area contributed by atoms with Crippen LogP contribution in [-0.2, 0) is 25.7 Å². The minimum Gasteiger partial charge on any atom is -0.490 e. The first-order valence-corrected chi connectivity index (χ1v) is 11.6. The summed E-state index contributed by atoms with van der Waals surface area (Å²) in [6.07, 6.45) is -3.52. The smallest absolute Gasteiger partial charge is 0.416 e. The van der Waals surface area contributed by atoms with Gasteiger partial charge in [0.05, 0.1) is 5.56 Å². The zero-order valence-electron chi connectivity index (χ0n) is 16.8. The molecule has 3 rings (SSSR count). The van der Waals surface area contributed by atoms with Gasteiger partial charge < -0.3 is 9.47 Å². The Morgan fingerprint density at radius 3 is 2.45 bits per heavy atom. The Labute approximate surface area is 178 Å². The molecule has 8 nitrogen and oxygen atoms in total. The Balaban J connectivity index is 1.52. The molecule has 0 saturated carbocycles. The van der Waals surface area contributed by atoms with Gasteiger partial charge in [-0.3, -0.25) is 10.0 Å². The van der Waals surface area contributed by atoms with E-state index in [1.807, 2.05) is 0 Å². The molecule has 2 aliphatic heterocycles. The average Bonchev–Trinajstić information content (AvgIpc) is 2.73. The lowest BCUT2D eigenvalue weighted by atomic mass is 10.00. The summed E-state index contributed by atoms with van der Waals surface area (Å²) in [4.78, 5) is 12.2. The standard InChI is InChI=1S/C19H25F3N2O6S/c20-19(21,22)15-2-1-3-17(12-15)30-16-4-8-23(9-5-16)31(27,28)13-24(26)18(25)14-6-10-29-11-7-14/h1-3,12,14,16,26H,4-11,13H2. The van der Waals surface area contributed by atoms with Gasteiger partial charge in [-0.25, -0.2) is 17.8 Å². The molecule has 0 spiro atoms. The van der Waals surface area contributed by atoms with Crippen molar-refractivity contribution in [2.24, 2.45) is 5.92 Å². The van der Waals surface area contributed by atoms with E-state index in [4.69, 9.17) is 9.47 Å². The van der Waals surface area contributed by atoms with Crippen LogP contribution in [0.4, 0.5) is 13.2 Å². The molecule has 0 radical (unpaired) electrons. The fourth-order valence-corrected chi connectivity index (χ4v) is 4.99. The lowest BCUT2D eigenvalue weighted by molar-refractivity contribution is -0.169. The number of carbonyl (C=O) groups excluding carboxylic acids is 1. The summed E-state index contributed by atoms with van der Waals surface area (Å²) in [7, 11) is -3.94. The van der Waals surface area contributed by atoms with E-state index in [0.29, 0.717) is 26.1 Å². The van der Waals surface area contributed by atoms with Crippen LogP contribution >= 0.6 is 0 Å². The highest BCUT2D eigenvalue weighted by molar-refractivity contribution is 7.89. The predicted molar refractivity (Wildman–Crippen MR) is 103 cm³/mol. The molecule has 2 heterocycles. The van der Waals surface area contributed by atoms with E-state index in [-0.39, 0.29) is 36.7 Å². The van der Waals surface area contributed by atoms with Crippen LogP contribution in [0.5, 0.6) is 5.75 Å². The number of hydroxylamine groups is 2. The summed E-state index contributed by atoms with van der Waals surface area (Å²) in [5.74, 6) is -1.89. The molecule has 1 aromatic carbocycles. The molecular weight excluding hydrogens is 441 g/mol. The molecule has 12 heteroatoms. The third kappa shape index (κ3) is 6.31. The van der Waals surface area contributed by atoms with Crippen LogP contribution in [-0.4, -0.2) is 67.2 Å². The van der Waals surface area contributed by atoms with Gasteiger partial charge in [-0.2, -0.15) is 13.2 Å². The van der Waals surface area contributed by atoms with E-state index in [1.165, 1.54) is 12.1 Å². The first kappa shape index (κ1) is 23.8. The maximum absolute atomic E-state index is 12.8. The summed E-state index contributed by atoms with van der Waals surface area (Å²) < 4.78 is 75.6. The quantitative estimate of drug-likeness (QED) is 0.511. The maximum atomic E-state index is 12.8. The molecule has 2 fully saturated rings. The Hall–Kier alpha value is -1.89. The molecule has 0 aromatic heterocycles. The van der Waals surface area contributed by atoms with Gasteiger partial charge in [-0.05, 0) is 43.9 Å². The summed E-state index contributed by atoms with van der Waals surface area (Å²) >= 11 is 0. The summed E-state index contributed by atoms with van der Waals surface area (Å²) in [6.45, 7) is 0.920. The van der Waals surface area contributed by atoms with Gasteiger partial charge in [0.1, 0.15) is 11.9 Å². The number of ether oxygens (including phenoxy) is 2. The third-order valence-electron chi connectivity index (χ3n) is 5.37. The van der Waals surface area contributed by atoms with Gasteiger partial charge in [-0.15, -0.1) is 0 Å². The molecule has 1 amide bonds. The van der Waals surface area contributed by atoms with Crippen LogP contribution in [0, 0.1) is 5.92 Å². The second-order valence-corrected chi connectivity index (χ2v) is 9.55. The number of piperidine rings is 1. The zero-order valence-corrected chi connectivity index (χ0v) is 17.6. The summed E-state index contributed by atoms with van der Waals surface area (Å²) in [5, 5.41) is 10.2. The van der Waals surface area contributed by atoms with Crippen LogP contribution in [0.2, 0.25) is 0 Å². The molecule has 0 atom stereocenters. The Morgan fingerprint density at radius 1 is 1.19 bits per heavy atom. The van der Waals surface area contributed by atoms with Crippen molar-refractivity contribution < 1.29 is 41.1 Å². The van der Waals surface area contributed by atoms with Crippen molar-refractivity contribution in [1.82, 2.24) is 9.37 Å². The lowest BCUT2D eigenvalue weighted by Crippen LogP contribution is -2.47. The lowest BCUT2D eigenvalue weighted by Gasteiger charge is -2.32. The van der Waals surface area contributed by atoms with Crippen molar-refractivity contribution in [2.75, 3.05) is 32.2 Å². The van der Waals surface area contributed by atoms with E-state index < -0.39 is 45.6 Å². The number of hydrogen-bond donors (Lipinski definition) is 1. The van der Waals surface area contributed by atoms with Gasteiger partial charge in [0.15, 0.2) is 5.88 Å². The first-order chi connectivity index (χ1) is 14.6. The summed E-state index contributed by atoms with van der Waals surface area (Å²) in [5.41, 5.74) is -0.817. The second-order valence-electron chi connectivity index (χ2n) is 7.61. The van der Waals surface area contributed by atoms with Gasteiger partial charge in [0.25, 0.3) is 0 Å². The van der Waals surface area contributed by atoms with Gasteiger partial charge in [0.2, 0.25) is 15.9 Å². The van der Waals surface area contributed by atoms with E-state index >= 15 is 0 Å². The number of benzene rings is 1. The van der Waals surface area contributed by atoms with Gasteiger partial charge >= 0.3 is 6.18 Å². The SMILES string of the molecule is O=C(C1CCOCC1)N(O)CS(=O)(=O)N1CCC(Oc2cccc(C(F)(F)F)c2)CC1. The Bertz CT molecular complexity index is 866. The Morgan fingerprint density at radius 2 is 1.84 bits per heavy atom. The van der Waals surface area contributed by atoms with Gasteiger partial charge in [0, 0.05) is 32.2 Å². The highest BCUT2D eigenvalue weighted by atomic mass is 32.2. The number of hydrogen-bond acceptors (Lipinski definition) is 6. The zero-order chi connectivity index (χ0) is 22.6. The fourth-order valence-electron chi connectivity index (χ4n) is 3.62. The van der Waals surface area contributed by atoms with Crippen LogP contribution in [0.15, 0.2) is 24.3 Å². The molecule has 0 unspecified atom stereocenters. The number of nitrogens with zero attached hydrogens (tertiary/aromatic N) is 2. The average molecular weight is 466 g/mol. The molecule has 31 heavy (non-hydrogen) atoms. The number of halogens is 3. The highest BCUT2D eigenvalue weighted by Crippen LogP contribution is 2.32. The second kappa shape index (κ2) is 9.72. The maximum Gasteiger partial charge on any atom is 0.416 e. The van der Waals surface area contributed by atoms with Crippen molar-refractivity contribution in [3.63, 3.8) is 0 Å². The third-order valence-corrected chi connectivity index (χ3v) is 7.09. The molecule has 0 bridgehead atoms. The number of sulfonamides is 1. The predicted octanol–water partition coefficient (Wildman–Crippen LogP) is 2.48. The van der Waals surface area contributed by atoms with Crippen LogP contribution in [0.3, 0.4) is 0 Å². The fraction of sp³-hybridized carbons (Fsp3) is 0.632. The highest BCUT2D eigenvalue weighted by Gasteiger charge is 2.34. The molecular formula is C19H25F3N2O6S. The molecule has 2 aliphatic rings. The van der Waals surface area contributed by atoms with Crippen molar-refractivity contribution in [3.8, 4) is 5.75 Å². The molecule has 0 aliphatic carbocycles. The van der Waals surface area contributed by atoms with Crippen molar-refractivity contribution in [1.29, 1.82) is 0 Å². The molecule has 2 saturated heterocycles. The van der Waals surface area contributed by atoms with Crippen LogP contribution in [0.1, 0.15) is 31.2 Å². The van der Waals surface area contributed by atoms with E-state index in [9.17, 15) is 31.6 Å². The van der Waals surface area contributed by atoms with Crippen molar-refractivity contribution in [2.45, 2.75) is 38.0 Å². The van der Waals surface area contributed by atoms with Crippen LogP contribution < -0.4 is 4.74 Å². The number of carbonyl (C=O) groups is 1. The van der Waals surface area contributed by atoms with E-state index in [1.54, 1.807) is 0 Å². The monoisotopic (exact) mass is 466 g/mol. The summed E-state index contributed by atoms with van der Waals surface area (Å²) in [6, 6.07) is 4.53. The first-order valence-electron chi connectivity index (χ1n) is 9.96. The number of alkyl halides is 3. The molecule has 1 N–H and O–H groups in total. The molecule has 174 valence electrons. The minimum absolute atomic E-state index is 0.0692. The van der Waals surface area contributed by atoms with E-state index in [2.05, 4.69) is 0 Å². The normalized spacial score (nSPS) is 19.9. The van der Waals surface area contributed by atoms with E-state index in [0.717, 1.165) is 16.4 Å². The minimum atomic E-state index is -4.48. The number of amides is 1.